The molecule has 0 aromatic rings. The highest BCUT2D eigenvalue weighted by Gasteiger charge is 1.89. The zero-order chi connectivity index (χ0) is 4.28. The fourth-order valence-corrected chi connectivity index (χ4v) is 0. The van der Waals surface area contributed by atoms with E-state index in [0.717, 1.165) is 0 Å². The van der Waals surface area contributed by atoms with Crippen LogP contribution in [0, 0.1) is 0 Å². The summed E-state index contributed by atoms with van der Waals surface area (Å²) in [6.07, 6.45) is 0.0154. The second kappa shape index (κ2) is 2.15. The van der Waals surface area contributed by atoms with Crippen LogP contribution in [0.2, 0.25) is 0 Å². The summed E-state index contributed by atoms with van der Waals surface area (Å²) < 4.78 is 10.8. The lowest BCUT2D eigenvalue weighted by Crippen LogP contribution is -1.84. The van der Waals surface area contributed by atoms with E-state index < -0.39 is 5.63 Å². The second-order valence-corrected chi connectivity index (χ2v) is 0.887. The van der Waals surface area contributed by atoms with Gasteiger partial charge in [-0.05, 0) is 0 Å². The van der Waals surface area contributed by atoms with Crippen molar-refractivity contribution in [3.8, 4) is 0 Å². The SMILES string of the molecule is O=CC(F)Cl. The summed E-state index contributed by atoms with van der Waals surface area (Å²) in [5.74, 6) is 0. The van der Waals surface area contributed by atoms with Crippen LogP contribution in [0.15, 0.2) is 0 Å². The minimum absolute atomic E-state index is 0.0154. The summed E-state index contributed by atoms with van der Waals surface area (Å²) >= 11 is 4.43. The van der Waals surface area contributed by atoms with Crippen molar-refractivity contribution in [1.82, 2.24) is 0 Å². The number of hydrogen-bond acceptors (Lipinski definition) is 1. The van der Waals surface area contributed by atoms with Crippen molar-refractivity contribution >= 4 is 17.9 Å². The lowest BCUT2D eigenvalue weighted by Gasteiger charge is -1.71. The first kappa shape index (κ1) is 4.89. The Hall–Kier alpha value is -0.110. The number of rotatable bonds is 1. The van der Waals surface area contributed by atoms with Crippen molar-refractivity contribution in [3.05, 3.63) is 0 Å². The molecule has 5 heavy (non-hydrogen) atoms. The quantitative estimate of drug-likeness (QED) is 0.347. The van der Waals surface area contributed by atoms with Gasteiger partial charge in [-0.1, -0.05) is 11.6 Å². The normalized spacial score (nSPS) is 14.0. The predicted molar refractivity (Wildman–Crippen MR) is 16.8 cm³/mol. The van der Waals surface area contributed by atoms with Crippen LogP contribution in [-0.4, -0.2) is 11.9 Å². The summed E-state index contributed by atoms with van der Waals surface area (Å²) in [4.78, 5) is 9.00. The van der Waals surface area contributed by atoms with E-state index >= 15 is 0 Å². The maximum absolute atomic E-state index is 10.8. The van der Waals surface area contributed by atoms with Gasteiger partial charge >= 0.3 is 0 Å². The monoisotopic (exact) mass is 96.0 g/mol. The first-order valence-corrected chi connectivity index (χ1v) is 1.44. The molecule has 0 rings (SSSR count). The molecule has 0 saturated carbocycles. The fraction of sp³-hybridized carbons (Fsp3) is 0.500. The van der Waals surface area contributed by atoms with Crippen LogP contribution in [0.4, 0.5) is 4.39 Å². The van der Waals surface area contributed by atoms with Crippen LogP contribution >= 0.6 is 11.6 Å². The molecule has 30 valence electrons. The second-order valence-electron chi connectivity index (χ2n) is 0.471. The molecule has 1 atom stereocenters. The highest BCUT2D eigenvalue weighted by molar-refractivity contribution is 6.26. The Labute approximate surface area is 33.7 Å². The number of alkyl halides is 2. The van der Waals surface area contributed by atoms with E-state index in [-0.39, 0.29) is 6.29 Å². The molecule has 0 N–H and O–H groups in total. The van der Waals surface area contributed by atoms with Gasteiger partial charge in [0.1, 0.15) is 0 Å². The van der Waals surface area contributed by atoms with E-state index in [1.54, 1.807) is 0 Å². The van der Waals surface area contributed by atoms with Crippen LogP contribution in [0.3, 0.4) is 0 Å². The Balaban J connectivity index is 2.83. The molecule has 0 fully saturated rings. The van der Waals surface area contributed by atoms with Gasteiger partial charge in [-0.3, -0.25) is 4.79 Å². The molecular formula is C2H2ClFO. The zero-order valence-corrected chi connectivity index (χ0v) is 3.07. The molecule has 0 aliphatic heterocycles. The number of carbonyl (C=O) groups is 1. The van der Waals surface area contributed by atoms with Gasteiger partial charge in [0, 0.05) is 0 Å². The van der Waals surface area contributed by atoms with Crippen LogP contribution in [-0.2, 0) is 4.79 Å². The Bertz CT molecular complexity index is 36.6. The molecule has 1 unspecified atom stereocenters. The maximum Gasteiger partial charge on any atom is 0.228 e. The summed E-state index contributed by atoms with van der Waals surface area (Å²) in [7, 11) is 0. The van der Waals surface area contributed by atoms with E-state index in [0.29, 0.717) is 0 Å². The number of aldehydes is 1. The van der Waals surface area contributed by atoms with E-state index in [9.17, 15) is 4.39 Å². The van der Waals surface area contributed by atoms with Crippen LogP contribution in [0.5, 0.6) is 0 Å². The van der Waals surface area contributed by atoms with Gasteiger partial charge in [-0.25, -0.2) is 4.39 Å². The van der Waals surface area contributed by atoms with Crippen molar-refractivity contribution in [1.29, 1.82) is 0 Å². The van der Waals surface area contributed by atoms with E-state index in [1.165, 1.54) is 0 Å². The minimum atomic E-state index is -1.82. The fourth-order valence-electron chi connectivity index (χ4n) is 0. The number of hydrogen-bond donors (Lipinski definition) is 0. The van der Waals surface area contributed by atoms with E-state index in [4.69, 9.17) is 4.79 Å². The molecular weight excluding hydrogens is 94.5 g/mol. The lowest BCUT2D eigenvalue weighted by molar-refractivity contribution is -0.109. The predicted octanol–water partition coefficient (Wildman–Crippen LogP) is 0.720. The van der Waals surface area contributed by atoms with Gasteiger partial charge in [0.25, 0.3) is 0 Å². The highest BCUT2D eigenvalue weighted by atomic mass is 35.5. The van der Waals surface area contributed by atoms with Crippen molar-refractivity contribution in [2.24, 2.45) is 0 Å². The van der Waals surface area contributed by atoms with Gasteiger partial charge in [0.2, 0.25) is 5.63 Å². The molecule has 0 aliphatic carbocycles. The Morgan fingerprint density at radius 2 is 2.20 bits per heavy atom. The van der Waals surface area contributed by atoms with Crippen molar-refractivity contribution < 1.29 is 9.18 Å². The number of carbonyl (C=O) groups excluding carboxylic acids is 1. The molecule has 1 nitrogen and oxygen atoms in total. The number of halogens is 2. The van der Waals surface area contributed by atoms with Gasteiger partial charge in [0.05, 0.1) is 0 Å². The zero-order valence-electron chi connectivity index (χ0n) is 2.32. The van der Waals surface area contributed by atoms with E-state index in [1.807, 2.05) is 0 Å². The molecule has 3 heteroatoms. The molecule has 0 bridgehead atoms. The molecule has 0 aromatic heterocycles. The smallest absolute Gasteiger partial charge is 0.228 e. The van der Waals surface area contributed by atoms with Gasteiger partial charge < -0.3 is 0 Å². The molecule has 0 spiro atoms. The van der Waals surface area contributed by atoms with Crippen LogP contribution in [0.1, 0.15) is 0 Å². The van der Waals surface area contributed by atoms with Gasteiger partial charge in [0.15, 0.2) is 6.29 Å². The standard InChI is InChI=1S/C2H2ClFO/c3-2(4)1-5/h1-2H. The average Bonchev–Trinajstić information content (AvgIpc) is 1.38. The van der Waals surface area contributed by atoms with E-state index in [2.05, 4.69) is 11.6 Å². The van der Waals surface area contributed by atoms with Crippen LogP contribution < -0.4 is 0 Å². The third-order valence-corrected chi connectivity index (χ3v) is 0.206. The van der Waals surface area contributed by atoms with Crippen LogP contribution in [0.25, 0.3) is 0 Å². The first-order chi connectivity index (χ1) is 2.27. The third-order valence-electron chi connectivity index (χ3n) is 0.103. The first-order valence-electron chi connectivity index (χ1n) is 1.01. The molecule has 0 radical (unpaired) electrons. The summed E-state index contributed by atoms with van der Waals surface area (Å²) in [6, 6.07) is 0. The molecule has 0 aromatic carbocycles. The molecule has 0 heterocycles. The summed E-state index contributed by atoms with van der Waals surface area (Å²) in [5.41, 5.74) is -1.82. The summed E-state index contributed by atoms with van der Waals surface area (Å²) in [6.45, 7) is 0. The maximum atomic E-state index is 10.8. The van der Waals surface area contributed by atoms with Gasteiger partial charge in [-0.15, -0.1) is 0 Å². The van der Waals surface area contributed by atoms with Crippen molar-refractivity contribution in [2.75, 3.05) is 0 Å². The minimum Gasteiger partial charge on any atom is -0.299 e. The summed E-state index contributed by atoms with van der Waals surface area (Å²) in [5, 5.41) is 0. The van der Waals surface area contributed by atoms with Crippen molar-refractivity contribution in [2.45, 2.75) is 5.63 Å². The topological polar surface area (TPSA) is 17.1 Å². The Kier molecular flexibility index (Phi) is 2.10. The largest absolute Gasteiger partial charge is 0.299 e. The third kappa shape index (κ3) is 3.89. The average molecular weight is 96.5 g/mol. The highest BCUT2D eigenvalue weighted by Crippen LogP contribution is 1.87. The molecule has 0 saturated heterocycles. The van der Waals surface area contributed by atoms with Gasteiger partial charge in [-0.2, -0.15) is 0 Å². The molecule has 0 amide bonds. The lowest BCUT2D eigenvalue weighted by atomic mass is 10.9. The van der Waals surface area contributed by atoms with Crippen molar-refractivity contribution in [3.63, 3.8) is 0 Å². The Morgan fingerprint density at radius 3 is 2.20 bits per heavy atom. The molecule has 0 aliphatic rings. The Morgan fingerprint density at radius 1 is 2.00 bits per heavy atom.